The van der Waals surface area contributed by atoms with Crippen LogP contribution in [0.25, 0.3) is 0 Å². The summed E-state index contributed by atoms with van der Waals surface area (Å²) in [6.07, 6.45) is 10.5. The van der Waals surface area contributed by atoms with Crippen molar-refractivity contribution in [2.45, 2.75) is 77.3 Å². The normalized spacial score (nSPS) is 42.8. The first kappa shape index (κ1) is 20.0. The molecule has 2 amide bonds. The first-order valence-electron chi connectivity index (χ1n) is 11.8. The van der Waals surface area contributed by atoms with Gasteiger partial charge in [0.1, 0.15) is 5.69 Å². The van der Waals surface area contributed by atoms with Crippen LogP contribution in [-0.2, 0) is 4.79 Å². The number of nitrogens with one attached hydrogen (secondary N) is 1. The molecule has 7 atom stereocenters. The highest BCUT2D eigenvalue weighted by Crippen LogP contribution is 2.64. The number of carbonyl (C=O) groups is 2. The van der Waals surface area contributed by atoms with Gasteiger partial charge in [-0.2, -0.15) is 0 Å². The molecular formula is C25H35N3O2. The summed E-state index contributed by atoms with van der Waals surface area (Å²) in [5.74, 6) is 2.40. The molecule has 5 nitrogen and oxygen atoms in total. The molecular weight excluding hydrogens is 374 g/mol. The number of nitrogens with zero attached hydrogens (tertiary/aromatic N) is 2. The highest BCUT2D eigenvalue weighted by atomic mass is 16.2. The minimum Gasteiger partial charge on any atom is -0.347 e. The molecule has 1 N–H and O–H groups in total. The lowest BCUT2D eigenvalue weighted by atomic mass is 9.47. The van der Waals surface area contributed by atoms with Crippen LogP contribution < -0.4 is 5.32 Å². The van der Waals surface area contributed by atoms with Crippen LogP contribution in [0.5, 0.6) is 0 Å². The summed E-state index contributed by atoms with van der Waals surface area (Å²) in [5, 5.41) is 3.35. The largest absolute Gasteiger partial charge is 0.347 e. The molecule has 1 aromatic heterocycles. The number of amides is 2. The Balaban J connectivity index is 1.35. The summed E-state index contributed by atoms with van der Waals surface area (Å²) in [6.45, 7) is 4.89. The van der Waals surface area contributed by atoms with Crippen LogP contribution in [-0.4, -0.2) is 40.8 Å². The van der Waals surface area contributed by atoms with Crippen molar-refractivity contribution in [1.82, 2.24) is 15.2 Å². The van der Waals surface area contributed by atoms with E-state index < -0.39 is 0 Å². The van der Waals surface area contributed by atoms with Gasteiger partial charge in [0.05, 0.1) is 0 Å². The van der Waals surface area contributed by atoms with Gasteiger partial charge in [-0.1, -0.05) is 19.9 Å². The molecule has 4 aliphatic rings. The fourth-order valence-corrected chi connectivity index (χ4v) is 8.12. The van der Waals surface area contributed by atoms with Gasteiger partial charge < -0.3 is 10.2 Å². The lowest BCUT2D eigenvalue weighted by Gasteiger charge is -2.61. The predicted octanol–water partition coefficient (Wildman–Crippen LogP) is 4.04. The summed E-state index contributed by atoms with van der Waals surface area (Å²) in [4.78, 5) is 31.4. The number of hydrogen-bond donors (Lipinski definition) is 1. The van der Waals surface area contributed by atoms with E-state index in [0.29, 0.717) is 35.9 Å². The number of aromatic nitrogens is 1. The molecule has 0 radical (unpaired) electrons. The quantitative estimate of drug-likeness (QED) is 0.802. The molecule has 1 aliphatic heterocycles. The van der Waals surface area contributed by atoms with Gasteiger partial charge in [0.15, 0.2) is 0 Å². The van der Waals surface area contributed by atoms with Crippen molar-refractivity contribution in [3.63, 3.8) is 0 Å². The lowest BCUT2D eigenvalue weighted by molar-refractivity contribution is -0.157. The van der Waals surface area contributed by atoms with Gasteiger partial charge in [0, 0.05) is 31.7 Å². The maximum absolute atomic E-state index is 12.8. The number of fused-ring (bicyclic) bond motifs is 5. The second-order valence-corrected chi connectivity index (χ2v) is 10.8. The minimum absolute atomic E-state index is 0.0345. The fraction of sp³-hybridized carbons (Fsp3) is 0.720. The van der Waals surface area contributed by atoms with Crippen LogP contribution in [0.2, 0.25) is 0 Å². The summed E-state index contributed by atoms with van der Waals surface area (Å²) in [6, 6.07) is 6.16. The van der Waals surface area contributed by atoms with E-state index in [4.69, 9.17) is 0 Å². The SMILES string of the molecule is CN1C(=O)CC[C@]2(C)[C@H]3CC[C@]4(C)C(NC(=O)c5ccccn5)CC[C@H]4[C@@H]3CC[C@@H]12. The van der Waals surface area contributed by atoms with E-state index in [1.807, 2.05) is 19.2 Å². The molecule has 162 valence electrons. The van der Waals surface area contributed by atoms with Crippen molar-refractivity contribution in [3.05, 3.63) is 30.1 Å². The highest BCUT2D eigenvalue weighted by Gasteiger charge is 2.61. The molecule has 1 aromatic rings. The molecule has 4 fully saturated rings. The second-order valence-electron chi connectivity index (χ2n) is 10.8. The van der Waals surface area contributed by atoms with Crippen molar-refractivity contribution in [2.24, 2.45) is 28.6 Å². The molecule has 1 saturated heterocycles. The van der Waals surface area contributed by atoms with Crippen molar-refractivity contribution in [2.75, 3.05) is 7.05 Å². The standard InChI is InChI=1S/C25H35N3O2/c1-24-13-11-18-16(7-10-21-25(18,2)14-12-22(29)28(21)3)17(24)8-9-20(24)27-23(30)19-6-4-5-15-26-19/h4-6,15-18,20-21H,7-14H2,1-3H3,(H,27,30)/t16-,17-,18-,20?,21+,24-,25+/m0/s1. The van der Waals surface area contributed by atoms with Crippen molar-refractivity contribution in [1.29, 1.82) is 0 Å². The molecule has 30 heavy (non-hydrogen) atoms. The van der Waals surface area contributed by atoms with Crippen LogP contribution in [0.1, 0.15) is 75.7 Å². The Kier molecular flexibility index (Phi) is 4.71. The zero-order chi connectivity index (χ0) is 21.1. The molecule has 0 spiro atoms. The molecule has 2 heterocycles. The molecule has 5 rings (SSSR count). The third kappa shape index (κ3) is 2.84. The first-order valence-corrected chi connectivity index (χ1v) is 11.8. The molecule has 3 aliphatic carbocycles. The summed E-state index contributed by atoms with van der Waals surface area (Å²) >= 11 is 0. The molecule has 1 unspecified atom stereocenters. The fourth-order valence-electron chi connectivity index (χ4n) is 8.12. The average Bonchev–Trinajstić information content (AvgIpc) is 3.08. The maximum Gasteiger partial charge on any atom is 0.270 e. The maximum atomic E-state index is 12.8. The van der Waals surface area contributed by atoms with Crippen LogP contribution in [0.3, 0.4) is 0 Å². The number of hydrogen-bond acceptors (Lipinski definition) is 3. The Morgan fingerprint density at radius 2 is 1.87 bits per heavy atom. The zero-order valence-electron chi connectivity index (χ0n) is 18.6. The third-order valence-electron chi connectivity index (χ3n) is 9.76. The van der Waals surface area contributed by atoms with E-state index in [2.05, 4.69) is 29.0 Å². The number of rotatable bonds is 2. The smallest absolute Gasteiger partial charge is 0.270 e. The monoisotopic (exact) mass is 409 g/mol. The van der Waals surface area contributed by atoms with Gasteiger partial charge in [0.2, 0.25) is 5.91 Å². The van der Waals surface area contributed by atoms with Crippen LogP contribution in [0, 0.1) is 28.6 Å². The van der Waals surface area contributed by atoms with Gasteiger partial charge >= 0.3 is 0 Å². The van der Waals surface area contributed by atoms with E-state index in [0.717, 1.165) is 25.2 Å². The summed E-state index contributed by atoms with van der Waals surface area (Å²) < 4.78 is 0. The minimum atomic E-state index is -0.0345. The van der Waals surface area contributed by atoms with Crippen molar-refractivity contribution < 1.29 is 9.59 Å². The van der Waals surface area contributed by atoms with E-state index in [-0.39, 0.29) is 22.8 Å². The van der Waals surface area contributed by atoms with Crippen molar-refractivity contribution in [3.8, 4) is 0 Å². The van der Waals surface area contributed by atoms with Gasteiger partial charge in [-0.15, -0.1) is 0 Å². The van der Waals surface area contributed by atoms with Gasteiger partial charge in [-0.3, -0.25) is 14.6 Å². The highest BCUT2D eigenvalue weighted by molar-refractivity contribution is 5.92. The molecule has 0 bridgehead atoms. The first-order chi connectivity index (χ1) is 14.3. The Labute approximate surface area is 180 Å². The second kappa shape index (κ2) is 7.06. The number of likely N-dealkylation sites (tertiary alicyclic amines) is 1. The number of piperidine rings is 1. The Hall–Kier alpha value is -1.91. The van der Waals surface area contributed by atoms with E-state index in [1.54, 1.807) is 12.3 Å². The molecule has 0 aromatic carbocycles. The van der Waals surface area contributed by atoms with E-state index in [9.17, 15) is 9.59 Å². The average molecular weight is 410 g/mol. The van der Waals surface area contributed by atoms with Crippen LogP contribution >= 0.6 is 0 Å². The predicted molar refractivity (Wildman–Crippen MR) is 116 cm³/mol. The number of carbonyl (C=O) groups excluding carboxylic acids is 2. The molecule has 5 heteroatoms. The lowest BCUT2D eigenvalue weighted by Crippen LogP contribution is -2.62. The summed E-state index contributed by atoms with van der Waals surface area (Å²) in [5.41, 5.74) is 0.939. The van der Waals surface area contributed by atoms with E-state index in [1.165, 1.54) is 25.7 Å². The molecule has 3 saturated carbocycles. The Bertz CT molecular complexity index is 842. The van der Waals surface area contributed by atoms with Gasteiger partial charge in [0.25, 0.3) is 5.91 Å². The van der Waals surface area contributed by atoms with Crippen molar-refractivity contribution >= 4 is 11.8 Å². The Morgan fingerprint density at radius 3 is 2.63 bits per heavy atom. The summed E-state index contributed by atoms with van der Waals surface area (Å²) in [7, 11) is 2.02. The van der Waals surface area contributed by atoms with Gasteiger partial charge in [-0.05, 0) is 85.7 Å². The third-order valence-corrected chi connectivity index (χ3v) is 9.76. The zero-order valence-corrected chi connectivity index (χ0v) is 18.6. The topological polar surface area (TPSA) is 62.3 Å². The van der Waals surface area contributed by atoms with Gasteiger partial charge in [-0.25, -0.2) is 0 Å². The van der Waals surface area contributed by atoms with E-state index >= 15 is 0 Å². The van der Waals surface area contributed by atoms with Crippen LogP contribution in [0.15, 0.2) is 24.4 Å². The Morgan fingerprint density at radius 1 is 1.07 bits per heavy atom. The van der Waals surface area contributed by atoms with Crippen LogP contribution in [0.4, 0.5) is 0 Å². The number of pyridine rings is 1.